The second kappa shape index (κ2) is 10.0. The van der Waals surface area contributed by atoms with E-state index in [1.54, 1.807) is 12.1 Å². The molecule has 0 aliphatic carbocycles. The zero-order valence-corrected chi connectivity index (χ0v) is 23.5. The predicted molar refractivity (Wildman–Crippen MR) is 141 cm³/mol. The minimum atomic E-state index is -6.12. The lowest BCUT2D eigenvalue weighted by atomic mass is 10.1. The molecular weight excluding hydrogens is 609 g/mol. The molecule has 0 N–H and O–H groups in total. The molecule has 0 radical (unpaired) electrons. The van der Waals surface area contributed by atoms with Crippen molar-refractivity contribution in [3.63, 3.8) is 0 Å². The van der Waals surface area contributed by atoms with Gasteiger partial charge in [0.2, 0.25) is 10.0 Å². The third-order valence-corrected chi connectivity index (χ3v) is 11.1. The van der Waals surface area contributed by atoms with Crippen molar-refractivity contribution in [1.82, 2.24) is 8.28 Å². The Kier molecular flexibility index (Phi) is 7.08. The maximum atomic E-state index is 13.8. The van der Waals surface area contributed by atoms with E-state index in [0.29, 0.717) is 0 Å². The molecule has 0 fully saturated rings. The molecule has 218 valence electrons. The van der Waals surface area contributed by atoms with Crippen molar-refractivity contribution in [1.29, 1.82) is 0 Å². The maximum Gasteiger partial charge on any atom is 0.534 e. The number of hydrogen-bond acceptors (Lipinski definition) is 8. The monoisotopic (exact) mass is 630 g/mol. The number of hydrogen-bond donors (Lipinski definition) is 0. The van der Waals surface area contributed by atoms with Gasteiger partial charge in [-0.2, -0.15) is 25.9 Å². The number of fused-ring (bicyclic) bond motifs is 3. The molecule has 1 aliphatic rings. The zero-order valence-electron chi connectivity index (χ0n) is 21.1. The van der Waals surface area contributed by atoms with Crippen LogP contribution >= 0.6 is 0 Å². The molecule has 4 aromatic rings. The maximum absolute atomic E-state index is 13.8. The minimum Gasteiger partial charge on any atom is -0.493 e. The largest absolute Gasteiger partial charge is 0.534 e. The van der Waals surface area contributed by atoms with Gasteiger partial charge in [0.05, 0.1) is 22.4 Å². The molecule has 1 aromatic heterocycles. The molecule has 0 unspecified atom stereocenters. The molecule has 10 nitrogen and oxygen atoms in total. The number of nitrogens with zero attached hydrogens (tertiary/aromatic N) is 2. The lowest BCUT2D eigenvalue weighted by molar-refractivity contribution is -0.0500. The van der Waals surface area contributed by atoms with E-state index < -0.39 is 47.2 Å². The summed E-state index contributed by atoms with van der Waals surface area (Å²) >= 11 is 0. The summed E-state index contributed by atoms with van der Waals surface area (Å²) in [6.07, 6.45) is -0.0818. The summed E-state index contributed by atoms with van der Waals surface area (Å²) in [6, 6.07) is 16.8. The van der Waals surface area contributed by atoms with Crippen LogP contribution < -0.4 is 8.92 Å². The topological polar surface area (TPSA) is 129 Å². The van der Waals surface area contributed by atoms with Crippen molar-refractivity contribution in [3.8, 4) is 11.5 Å². The average molecular weight is 631 g/mol. The SMILES string of the molecule is COc1cc2c(cc1OS(=O)(=O)C(F)(F)F)c1c(n2S(=O)(=O)c2ccccc2)CCN(S(=O)(=O)c2ccccc2)C1. The first-order valence-electron chi connectivity index (χ1n) is 11.8. The highest BCUT2D eigenvalue weighted by molar-refractivity contribution is 7.90. The third-order valence-electron chi connectivity index (χ3n) is 6.50. The molecule has 3 aromatic carbocycles. The summed E-state index contributed by atoms with van der Waals surface area (Å²) < 4.78 is 129. The second-order valence-corrected chi connectivity index (χ2v) is 14.2. The highest BCUT2D eigenvalue weighted by Gasteiger charge is 2.49. The Morgan fingerprint density at radius 3 is 1.88 bits per heavy atom. The first-order valence-corrected chi connectivity index (χ1v) is 16.1. The van der Waals surface area contributed by atoms with E-state index in [1.807, 2.05) is 0 Å². The Labute approximate surface area is 233 Å². The highest BCUT2D eigenvalue weighted by atomic mass is 32.2. The van der Waals surface area contributed by atoms with E-state index in [9.17, 15) is 38.4 Å². The third kappa shape index (κ3) is 4.94. The van der Waals surface area contributed by atoms with Crippen molar-refractivity contribution < 1.29 is 47.3 Å². The van der Waals surface area contributed by atoms with Crippen molar-refractivity contribution in [2.75, 3.05) is 13.7 Å². The summed E-state index contributed by atoms with van der Waals surface area (Å²) in [5, 5.41) is -0.0272. The number of halogens is 3. The molecule has 0 spiro atoms. The Balaban J connectivity index is 1.76. The quantitative estimate of drug-likeness (QED) is 0.222. The molecule has 2 heterocycles. The Morgan fingerprint density at radius 2 is 1.34 bits per heavy atom. The van der Waals surface area contributed by atoms with Crippen LogP contribution in [0.1, 0.15) is 11.3 Å². The van der Waals surface area contributed by atoms with Crippen LogP contribution in [0.5, 0.6) is 11.5 Å². The molecule has 0 amide bonds. The predicted octanol–water partition coefficient (Wildman–Crippen LogP) is 3.86. The van der Waals surface area contributed by atoms with E-state index in [-0.39, 0.29) is 51.5 Å². The van der Waals surface area contributed by atoms with Gasteiger partial charge >= 0.3 is 15.6 Å². The van der Waals surface area contributed by atoms with E-state index >= 15 is 0 Å². The van der Waals surface area contributed by atoms with Gasteiger partial charge in [0.25, 0.3) is 10.0 Å². The van der Waals surface area contributed by atoms with Crippen LogP contribution in [0.3, 0.4) is 0 Å². The van der Waals surface area contributed by atoms with Crippen LogP contribution in [0, 0.1) is 0 Å². The van der Waals surface area contributed by atoms with Gasteiger partial charge in [-0.05, 0) is 35.9 Å². The van der Waals surface area contributed by atoms with Crippen molar-refractivity contribution in [3.05, 3.63) is 84.1 Å². The van der Waals surface area contributed by atoms with Gasteiger partial charge in [0.15, 0.2) is 11.5 Å². The van der Waals surface area contributed by atoms with Crippen molar-refractivity contribution in [2.45, 2.75) is 28.3 Å². The van der Waals surface area contributed by atoms with Crippen LogP contribution in [0.15, 0.2) is 82.6 Å². The van der Waals surface area contributed by atoms with Gasteiger partial charge in [0.1, 0.15) is 0 Å². The Bertz CT molecular complexity index is 1960. The summed E-state index contributed by atoms with van der Waals surface area (Å²) in [6.45, 7) is -0.452. The number of rotatable bonds is 7. The summed E-state index contributed by atoms with van der Waals surface area (Å²) in [5.74, 6) is -1.34. The van der Waals surface area contributed by atoms with Crippen molar-refractivity contribution in [2.24, 2.45) is 0 Å². The Morgan fingerprint density at radius 1 is 0.780 bits per heavy atom. The first-order chi connectivity index (χ1) is 19.2. The van der Waals surface area contributed by atoms with Gasteiger partial charge in [0, 0.05) is 36.7 Å². The average Bonchev–Trinajstić information content (AvgIpc) is 3.26. The van der Waals surface area contributed by atoms with E-state index in [2.05, 4.69) is 4.18 Å². The van der Waals surface area contributed by atoms with Gasteiger partial charge in [-0.25, -0.2) is 20.8 Å². The first kappa shape index (κ1) is 28.9. The standard InChI is InChI=1S/C25H21F3N2O8S3/c1-37-23-15-22-19(14-24(23)38-41(35,36)25(26,27)28)20-16-29(39(31,32)17-8-4-2-5-9-17)13-12-21(20)30(22)40(33,34)18-10-6-3-7-11-18/h2-11,14-15H,12-13,16H2,1H3. The number of benzene rings is 3. The number of ether oxygens (including phenoxy) is 1. The minimum absolute atomic E-state index is 0.00828. The molecule has 0 bridgehead atoms. The summed E-state index contributed by atoms with van der Waals surface area (Å²) in [7, 11) is -13.4. The lowest BCUT2D eigenvalue weighted by Crippen LogP contribution is -2.36. The molecule has 16 heteroatoms. The molecule has 41 heavy (non-hydrogen) atoms. The highest BCUT2D eigenvalue weighted by Crippen LogP contribution is 2.42. The number of aromatic nitrogens is 1. The molecule has 1 aliphatic heterocycles. The van der Waals surface area contributed by atoms with E-state index in [1.165, 1.54) is 48.5 Å². The number of alkyl halides is 3. The summed E-state index contributed by atoms with van der Waals surface area (Å²) in [4.78, 5) is -0.107. The van der Waals surface area contributed by atoms with Crippen LogP contribution in [0.4, 0.5) is 13.2 Å². The normalized spacial score (nSPS) is 15.0. The molecule has 5 rings (SSSR count). The van der Waals surface area contributed by atoms with E-state index in [0.717, 1.165) is 27.5 Å². The Hall–Kier alpha value is -3.60. The molecule has 0 saturated carbocycles. The molecular formula is C25H21F3N2O8S3. The van der Waals surface area contributed by atoms with Crippen LogP contribution in [0.25, 0.3) is 10.9 Å². The number of sulfonamides is 1. The van der Waals surface area contributed by atoms with Gasteiger partial charge in [-0.15, -0.1) is 0 Å². The second-order valence-electron chi connectivity index (χ2n) is 8.91. The fourth-order valence-corrected chi connectivity index (χ4v) is 8.11. The van der Waals surface area contributed by atoms with Gasteiger partial charge in [-0.1, -0.05) is 36.4 Å². The van der Waals surface area contributed by atoms with Crippen LogP contribution in [-0.2, 0) is 43.1 Å². The smallest absolute Gasteiger partial charge is 0.493 e. The van der Waals surface area contributed by atoms with Crippen LogP contribution in [0.2, 0.25) is 0 Å². The van der Waals surface area contributed by atoms with Crippen LogP contribution in [-0.4, -0.2) is 52.7 Å². The fraction of sp³-hybridized carbons (Fsp3) is 0.200. The summed E-state index contributed by atoms with van der Waals surface area (Å²) in [5.41, 5.74) is -5.48. The van der Waals surface area contributed by atoms with Gasteiger partial charge in [-0.3, -0.25) is 0 Å². The fourth-order valence-electron chi connectivity index (χ4n) is 4.61. The van der Waals surface area contributed by atoms with Crippen molar-refractivity contribution >= 4 is 41.1 Å². The van der Waals surface area contributed by atoms with Gasteiger partial charge < -0.3 is 8.92 Å². The molecule has 0 saturated heterocycles. The zero-order chi connectivity index (χ0) is 29.8. The molecule has 0 atom stereocenters. The number of methoxy groups -OCH3 is 1. The van der Waals surface area contributed by atoms with E-state index in [4.69, 9.17) is 4.74 Å². The lowest BCUT2D eigenvalue weighted by Gasteiger charge is -2.27.